The van der Waals surface area contributed by atoms with E-state index in [4.69, 9.17) is 11.6 Å². The van der Waals surface area contributed by atoms with Crippen LogP contribution in [0.5, 0.6) is 0 Å². The van der Waals surface area contributed by atoms with Gasteiger partial charge in [0.2, 0.25) is 15.7 Å². The molecular weight excluding hydrogens is 518 g/mol. The second kappa shape index (κ2) is 9.87. The molecule has 0 bridgehead atoms. The number of sulfone groups is 1. The van der Waals surface area contributed by atoms with E-state index in [1.807, 2.05) is 0 Å². The summed E-state index contributed by atoms with van der Waals surface area (Å²) in [5.41, 5.74) is 2.24. The lowest BCUT2D eigenvalue weighted by molar-refractivity contribution is -0.128. The zero-order chi connectivity index (χ0) is 27.1. The third-order valence-electron chi connectivity index (χ3n) is 6.06. The van der Waals surface area contributed by atoms with Gasteiger partial charge in [0.05, 0.1) is 20.9 Å². The Kier molecular flexibility index (Phi) is 6.98. The van der Waals surface area contributed by atoms with E-state index in [0.29, 0.717) is 33.2 Å². The van der Waals surface area contributed by atoms with Crippen molar-refractivity contribution in [1.82, 2.24) is 9.88 Å². The molecule has 9 nitrogen and oxygen atoms in total. The fraction of sp³-hybridized carbons (Fsp3) is 0.192. The number of aromatic amines is 1. The minimum atomic E-state index is -4.19. The van der Waals surface area contributed by atoms with Crippen molar-refractivity contribution in [2.75, 3.05) is 19.4 Å². The second-order valence-electron chi connectivity index (χ2n) is 8.80. The number of aryl methyl sites for hydroxylation is 1. The van der Waals surface area contributed by atoms with Crippen molar-refractivity contribution in [2.24, 2.45) is 0 Å². The van der Waals surface area contributed by atoms with Gasteiger partial charge in [0.15, 0.2) is 0 Å². The summed E-state index contributed by atoms with van der Waals surface area (Å²) in [6, 6.07) is 10.1. The zero-order valence-electron chi connectivity index (χ0n) is 20.3. The largest absolute Gasteiger partial charge is 0.478 e. The fourth-order valence-electron chi connectivity index (χ4n) is 4.24. The Morgan fingerprint density at radius 2 is 1.86 bits per heavy atom. The van der Waals surface area contributed by atoms with Gasteiger partial charge in [-0.2, -0.15) is 0 Å². The average Bonchev–Trinajstić information content (AvgIpc) is 3.33. The standard InChI is InChI=1S/C26H24ClN3O6S/c1-14-24(37(35,36)17-6-4-5-15(11-17)26(33)34)18(8-10-23(31)30(2)3)22(28-14)13-20-19-12-16(27)7-9-21(19)29-25(20)32/h4-7,9,11-13,28H,8,10H2,1-3H3,(H,29,32)(H,33,34)/b20-13-. The maximum absolute atomic E-state index is 13.8. The van der Waals surface area contributed by atoms with Crippen molar-refractivity contribution >= 4 is 56.6 Å². The Labute approximate surface area is 218 Å². The zero-order valence-corrected chi connectivity index (χ0v) is 21.8. The van der Waals surface area contributed by atoms with Crippen LogP contribution in [0.2, 0.25) is 5.02 Å². The van der Waals surface area contributed by atoms with Crippen molar-refractivity contribution in [1.29, 1.82) is 0 Å². The number of carbonyl (C=O) groups excluding carboxylic acids is 2. The van der Waals surface area contributed by atoms with E-state index in [2.05, 4.69) is 10.3 Å². The van der Waals surface area contributed by atoms with Gasteiger partial charge in [-0.3, -0.25) is 9.59 Å². The molecule has 11 heteroatoms. The third kappa shape index (κ3) is 5.03. The summed E-state index contributed by atoms with van der Waals surface area (Å²) in [5, 5.41) is 12.5. The maximum Gasteiger partial charge on any atom is 0.335 e. The van der Waals surface area contributed by atoms with E-state index in [9.17, 15) is 27.9 Å². The molecule has 0 saturated heterocycles. The number of rotatable bonds is 7. The molecule has 0 unspecified atom stereocenters. The highest BCUT2D eigenvalue weighted by Crippen LogP contribution is 2.37. The molecule has 0 atom stereocenters. The van der Waals surface area contributed by atoms with Gasteiger partial charge in [-0.15, -0.1) is 0 Å². The number of hydrogen-bond donors (Lipinski definition) is 3. The number of carboxylic acid groups (broad SMARTS) is 1. The van der Waals surface area contributed by atoms with Crippen molar-refractivity contribution in [3.05, 3.63) is 75.6 Å². The molecule has 0 radical (unpaired) electrons. The van der Waals surface area contributed by atoms with E-state index < -0.39 is 15.8 Å². The lowest BCUT2D eigenvalue weighted by Gasteiger charge is -2.12. The fourth-order valence-corrected chi connectivity index (χ4v) is 6.17. The minimum absolute atomic E-state index is 0.0206. The number of aromatic carboxylic acids is 1. The van der Waals surface area contributed by atoms with Crippen LogP contribution in [0, 0.1) is 6.92 Å². The van der Waals surface area contributed by atoms with Crippen LogP contribution in [0.4, 0.5) is 5.69 Å². The highest BCUT2D eigenvalue weighted by molar-refractivity contribution is 7.91. The van der Waals surface area contributed by atoms with Crippen LogP contribution in [0.3, 0.4) is 0 Å². The van der Waals surface area contributed by atoms with Crippen LogP contribution in [-0.4, -0.2) is 55.3 Å². The summed E-state index contributed by atoms with van der Waals surface area (Å²) in [7, 11) is -0.982. The van der Waals surface area contributed by atoms with Gasteiger partial charge in [-0.05, 0) is 61.4 Å². The van der Waals surface area contributed by atoms with E-state index in [-0.39, 0.29) is 45.6 Å². The van der Waals surface area contributed by atoms with Gasteiger partial charge in [0.1, 0.15) is 0 Å². The molecule has 37 heavy (non-hydrogen) atoms. The maximum atomic E-state index is 13.8. The molecular formula is C26H24ClN3O6S. The number of amides is 2. The summed E-state index contributed by atoms with van der Waals surface area (Å²) in [6.45, 7) is 1.58. The molecule has 2 aromatic carbocycles. The number of benzene rings is 2. The number of halogens is 1. The van der Waals surface area contributed by atoms with Crippen LogP contribution in [0.15, 0.2) is 52.3 Å². The van der Waals surface area contributed by atoms with Crippen molar-refractivity contribution in [3.63, 3.8) is 0 Å². The third-order valence-corrected chi connectivity index (χ3v) is 8.26. The normalized spacial score (nSPS) is 13.9. The van der Waals surface area contributed by atoms with Crippen molar-refractivity contribution in [2.45, 2.75) is 29.6 Å². The number of H-pyrrole nitrogens is 1. The summed E-state index contributed by atoms with van der Waals surface area (Å²) < 4.78 is 27.5. The minimum Gasteiger partial charge on any atom is -0.478 e. The number of fused-ring (bicyclic) bond motifs is 1. The number of nitrogens with zero attached hydrogens (tertiary/aromatic N) is 1. The number of aromatic nitrogens is 1. The van der Waals surface area contributed by atoms with Crippen LogP contribution in [-0.2, 0) is 25.8 Å². The molecule has 4 rings (SSSR count). The van der Waals surface area contributed by atoms with Crippen molar-refractivity contribution in [3.8, 4) is 0 Å². The topological polar surface area (TPSA) is 137 Å². The van der Waals surface area contributed by atoms with Gasteiger partial charge in [-0.25, -0.2) is 13.2 Å². The molecule has 0 aliphatic carbocycles. The van der Waals surface area contributed by atoms with Gasteiger partial charge in [0, 0.05) is 48.2 Å². The number of carboxylic acids is 1. The van der Waals surface area contributed by atoms with Crippen molar-refractivity contribution < 1.29 is 27.9 Å². The Balaban J connectivity index is 1.90. The predicted molar refractivity (Wildman–Crippen MR) is 139 cm³/mol. The molecule has 1 aliphatic rings. The molecule has 2 heterocycles. The molecule has 0 fully saturated rings. The van der Waals surface area contributed by atoms with Gasteiger partial charge >= 0.3 is 5.97 Å². The van der Waals surface area contributed by atoms with E-state index in [0.717, 1.165) is 6.07 Å². The van der Waals surface area contributed by atoms with E-state index in [1.165, 1.54) is 23.1 Å². The predicted octanol–water partition coefficient (Wildman–Crippen LogP) is 4.02. The quantitative estimate of drug-likeness (QED) is 0.386. The Morgan fingerprint density at radius 3 is 2.54 bits per heavy atom. The first-order valence-electron chi connectivity index (χ1n) is 11.2. The van der Waals surface area contributed by atoms with Gasteiger partial charge < -0.3 is 20.3 Å². The molecule has 0 spiro atoms. The monoisotopic (exact) mass is 541 g/mol. The first kappa shape index (κ1) is 26.2. The first-order valence-corrected chi connectivity index (χ1v) is 13.1. The number of hydrogen-bond acceptors (Lipinski definition) is 5. The van der Waals surface area contributed by atoms with Crippen LogP contribution in [0.1, 0.15) is 39.3 Å². The van der Waals surface area contributed by atoms with Gasteiger partial charge in [0.25, 0.3) is 5.91 Å². The lowest BCUT2D eigenvalue weighted by Crippen LogP contribution is -2.22. The Hall–Kier alpha value is -3.89. The Morgan fingerprint density at radius 1 is 1.14 bits per heavy atom. The highest BCUT2D eigenvalue weighted by atomic mass is 35.5. The lowest BCUT2D eigenvalue weighted by atomic mass is 10.0. The molecule has 3 aromatic rings. The van der Waals surface area contributed by atoms with Gasteiger partial charge in [-0.1, -0.05) is 17.7 Å². The molecule has 2 amide bonds. The van der Waals surface area contributed by atoms with E-state index >= 15 is 0 Å². The molecule has 0 saturated carbocycles. The Bertz CT molecular complexity index is 1590. The smallest absolute Gasteiger partial charge is 0.335 e. The first-order chi connectivity index (χ1) is 17.4. The molecule has 1 aliphatic heterocycles. The summed E-state index contributed by atoms with van der Waals surface area (Å²) in [5.74, 6) is -1.84. The van der Waals surface area contributed by atoms with Crippen LogP contribution in [0.25, 0.3) is 11.6 Å². The number of carbonyl (C=O) groups is 3. The summed E-state index contributed by atoms with van der Waals surface area (Å²) in [6.07, 6.45) is 1.64. The molecule has 192 valence electrons. The molecule has 1 aromatic heterocycles. The van der Waals surface area contributed by atoms with E-state index in [1.54, 1.807) is 45.3 Å². The van der Waals surface area contributed by atoms with Crippen LogP contribution < -0.4 is 5.32 Å². The highest BCUT2D eigenvalue weighted by Gasteiger charge is 2.30. The number of nitrogens with one attached hydrogen (secondary N) is 2. The SMILES string of the molecule is Cc1[nH]c(/C=C2\C(=O)Nc3ccc(Cl)cc32)c(CCC(=O)N(C)C)c1S(=O)(=O)c1cccc(C(=O)O)c1. The number of anilines is 1. The summed E-state index contributed by atoms with van der Waals surface area (Å²) >= 11 is 6.14. The second-order valence-corrected chi connectivity index (χ2v) is 11.1. The molecule has 3 N–H and O–H groups in total. The van der Waals surface area contributed by atoms with Crippen LogP contribution >= 0.6 is 11.6 Å². The average molecular weight is 542 g/mol. The summed E-state index contributed by atoms with van der Waals surface area (Å²) in [4.78, 5) is 40.8.